The van der Waals surface area contributed by atoms with Crippen LogP contribution in [0.5, 0.6) is 23.0 Å². The summed E-state index contributed by atoms with van der Waals surface area (Å²) in [5.74, 6) is 3.49. The molecule has 3 heteroatoms. The second kappa shape index (κ2) is 7.55. The molecule has 2 nitrogen and oxygen atoms in total. The molecule has 0 spiro atoms. The summed E-state index contributed by atoms with van der Waals surface area (Å²) in [6, 6.07) is 37.9. The van der Waals surface area contributed by atoms with E-state index in [9.17, 15) is 0 Å². The first-order chi connectivity index (χ1) is 17.2. The minimum Gasteiger partial charge on any atom is -0.458 e. The molecule has 35 heavy (non-hydrogen) atoms. The number of hydrogen-bond donors (Lipinski definition) is 0. The van der Waals surface area contributed by atoms with Crippen molar-refractivity contribution in [1.82, 2.24) is 0 Å². The lowest BCUT2D eigenvalue weighted by molar-refractivity contribution is 0.464. The first kappa shape index (κ1) is 20.0. The van der Waals surface area contributed by atoms with E-state index in [1.807, 2.05) is 24.3 Å². The van der Waals surface area contributed by atoms with Crippen molar-refractivity contribution in [3.63, 3.8) is 0 Å². The Morgan fingerprint density at radius 3 is 2.03 bits per heavy atom. The van der Waals surface area contributed by atoms with Crippen molar-refractivity contribution in [3.05, 3.63) is 114 Å². The normalized spacial score (nSPS) is 12.5. The highest BCUT2D eigenvalue weighted by atomic mass is 16.5. The zero-order chi connectivity index (χ0) is 23.5. The van der Waals surface area contributed by atoms with Gasteiger partial charge in [0, 0.05) is 11.0 Å². The molecule has 5 aromatic rings. The van der Waals surface area contributed by atoms with Gasteiger partial charge in [0.25, 0.3) is 6.71 Å². The van der Waals surface area contributed by atoms with Crippen LogP contribution in [0.15, 0.2) is 91.0 Å². The molecule has 0 aromatic heterocycles. The molecular formula is C32H21BO2. The highest BCUT2D eigenvalue weighted by Crippen LogP contribution is 2.37. The lowest BCUT2D eigenvalue weighted by Crippen LogP contribution is -2.57. The SMILES string of the molecule is Cc1ccc#cc1-c1ccc2c(c1)Oc1cccc3c1B2c1ccc(-c2ccccc2C)cc1O3. The van der Waals surface area contributed by atoms with Crippen LogP contribution in [0.25, 0.3) is 22.3 Å². The third kappa shape index (κ3) is 3.07. The summed E-state index contributed by atoms with van der Waals surface area (Å²) in [4.78, 5) is 0. The predicted molar refractivity (Wildman–Crippen MR) is 142 cm³/mol. The van der Waals surface area contributed by atoms with Crippen LogP contribution in [-0.2, 0) is 0 Å². The van der Waals surface area contributed by atoms with Crippen molar-refractivity contribution < 1.29 is 9.47 Å². The van der Waals surface area contributed by atoms with Crippen LogP contribution >= 0.6 is 0 Å². The van der Waals surface area contributed by atoms with Crippen LogP contribution in [-0.4, -0.2) is 6.71 Å². The van der Waals surface area contributed by atoms with E-state index in [0.717, 1.165) is 56.1 Å². The molecule has 7 rings (SSSR count). The minimum absolute atomic E-state index is 0.0566. The number of ether oxygens (including phenoxy) is 2. The number of hydrogen-bond acceptors (Lipinski definition) is 2. The molecule has 0 atom stereocenters. The fourth-order valence-electron chi connectivity index (χ4n) is 5.41. The fraction of sp³-hybridized carbons (Fsp3) is 0.0625. The van der Waals surface area contributed by atoms with Crippen LogP contribution in [0, 0.1) is 26.0 Å². The molecule has 164 valence electrons. The van der Waals surface area contributed by atoms with Crippen molar-refractivity contribution in [2.24, 2.45) is 0 Å². The average Bonchev–Trinajstić information content (AvgIpc) is 2.88. The first-order valence-corrected chi connectivity index (χ1v) is 11.9. The van der Waals surface area contributed by atoms with E-state index < -0.39 is 0 Å². The van der Waals surface area contributed by atoms with E-state index in [0.29, 0.717) is 0 Å². The van der Waals surface area contributed by atoms with Gasteiger partial charge < -0.3 is 9.47 Å². The van der Waals surface area contributed by atoms with Crippen LogP contribution in [0.2, 0.25) is 0 Å². The largest absolute Gasteiger partial charge is 0.458 e. The second-order valence-electron chi connectivity index (χ2n) is 9.29. The predicted octanol–water partition coefficient (Wildman–Crippen LogP) is 5.97. The smallest absolute Gasteiger partial charge is 0.260 e. The third-order valence-electron chi connectivity index (χ3n) is 7.16. The van der Waals surface area contributed by atoms with Gasteiger partial charge in [-0.05, 0) is 89.0 Å². The van der Waals surface area contributed by atoms with E-state index in [2.05, 4.69) is 92.7 Å². The molecule has 0 saturated heterocycles. The zero-order valence-electron chi connectivity index (χ0n) is 19.6. The molecule has 2 aliphatic heterocycles. The number of aryl methyl sites for hydroxylation is 2. The lowest BCUT2D eigenvalue weighted by Gasteiger charge is -2.33. The van der Waals surface area contributed by atoms with E-state index in [1.165, 1.54) is 16.7 Å². The Morgan fingerprint density at radius 2 is 1.31 bits per heavy atom. The van der Waals surface area contributed by atoms with E-state index in [4.69, 9.17) is 9.47 Å². The van der Waals surface area contributed by atoms with Crippen LogP contribution in [0.3, 0.4) is 0 Å². The second-order valence-corrected chi connectivity index (χ2v) is 9.29. The molecule has 0 bridgehead atoms. The lowest BCUT2D eigenvalue weighted by atomic mass is 9.35. The molecule has 0 radical (unpaired) electrons. The van der Waals surface area contributed by atoms with Crippen molar-refractivity contribution >= 4 is 23.1 Å². The summed E-state index contributed by atoms with van der Waals surface area (Å²) in [7, 11) is 0. The van der Waals surface area contributed by atoms with Gasteiger partial charge in [-0.3, -0.25) is 0 Å². The van der Waals surface area contributed by atoms with E-state index in [1.54, 1.807) is 0 Å². The van der Waals surface area contributed by atoms with Crippen LogP contribution in [0.1, 0.15) is 11.1 Å². The Hall–Kier alpha value is -4.42. The van der Waals surface area contributed by atoms with Crippen molar-refractivity contribution in [2.75, 3.05) is 0 Å². The summed E-state index contributed by atoms with van der Waals surface area (Å²) in [6.45, 7) is 4.30. The van der Waals surface area contributed by atoms with Crippen molar-refractivity contribution in [2.45, 2.75) is 13.8 Å². The average molecular weight is 448 g/mol. The van der Waals surface area contributed by atoms with E-state index in [-0.39, 0.29) is 6.71 Å². The quantitative estimate of drug-likeness (QED) is 0.304. The summed E-state index contributed by atoms with van der Waals surface area (Å²) < 4.78 is 12.9. The molecule has 0 unspecified atom stereocenters. The summed E-state index contributed by atoms with van der Waals surface area (Å²) in [5.41, 5.74) is 10.3. The number of benzene rings is 4. The molecule has 0 N–H and O–H groups in total. The Bertz CT molecular complexity index is 1520. The number of rotatable bonds is 2. The number of fused-ring (bicyclic) bond motifs is 4. The highest BCUT2D eigenvalue weighted by Gasteiger charge is 2.40. The fourth-order valence-corrected chi connectivity index (χ4v) is 5.41. The van der Waals surface area contributed by atoms with Gasteiger partial charge in [-0.25, -0.2) is 0 Å². The topological polar surface area (TPSA) is 18.5 Å². The van der Waals surface area contributed by atoms with Gasteiger partial charge in [0.2, 0.25) is 0 Å². The molecule has 0 fully saturated rings. The molecule has 0 amide bonds. The molecule has 0 saturated carbocycles. The molecule has 0 aliphatic carbocycles. The standard InChI is InChI=1S/C32H21BO2/c1-20-8-3-5-10-24(20)22-14-16-26-30(18-22)34-28-12-7-13-29-32(28)33(26)27-17-15-23(19-31(27)35-29)25-11-6-4-9-21(25)2/h3-5,7-10,12-19H,1-2H3. The van der Waals surface area contributed by atoms with Crippen molar-refractivity contribution in [1.29, 1.82) is 0 Å². The monoisotopic (exact) mass is 448 g/mol. The van der Waals surface area contributed by atoms with Gasteiger partial charge in [-0.15, -0.1) is 0 Å². The maximum absolute atomic E-state index is 6.46. The minimum atomic E-state index is 0.0566. The summed E-state index contributed by atoms with van der Waals surface area (Å²) in [6.07, 6.45) is 0. The third-order valence-corrected chi connectivity index (χ3v) is 7.16. The maximum atomic E-state index is 6.46. The molecule has 2 heterocycles. The van der Waals surface area contributed by atoms with Crippen molar-refractivity contribution in [3.8, 4) is 45.3 Å². The molecular weight excluding hydrogens is 427 g/mol. The first-order valence-electron chi connectivity index (χ1n) is 11.9. The van der Waals surface area contributed by atoms with Gasteiger partial charge in [-0.2, -0.15) is 0 Å². The van der Waals surface area contributed by atoms with Crippen LogP contribution < -0.4 is 25.9 Å². The Kier molecular flexibility index (Phi) is 4.31. The van der Waals surface area contributed by atoms with Gasteiger partial charge in [0.15, 0.2) is 0 Å². The Morgan fingerprint density at radius 1 is 0.629 bits per heavy atom. The van der Waals surface area contributed by atoms with E-state index >= 15 is 0 Å². The zero-order valence-corrected chi connectivity index (χ0v) is 19.6. The Labute approximate surface area is 205 Å². The summed E-state index contributed by atoms with van der Waals surface area (Å²) >= 11 is 0. The van der Waals surface area contributed by atoms with Gasteiger partial charge in [-0.1, -0.05) is 66.7 Å². The maximum Gasteiger partial charge on any atom is 0.260 e. The summed E-state index contributed by atoms with van der Waals surface area (Å²) in [5, 5.41) is 0. The molecule has 2 aliphatic rings. The Balaban J connectivity index is 1.40. The van der Waals surface area contributed by atoms with Crippen LogP contribution in [0.4, 0.5) is 0 Å². The van der Waals surface area contributed by atoms with Gasteiger partial charge >= 0.3 is 0 Å². The molecule has 5 aromatic carbocycles. The highest BCUT2D eigenvalue weighted by molar-refractivity contribution is 6.98. The van der Waals surface area contributed by atoms with Gasteiger partial charge in [0.05, 0.1) is 0 Å². The van der Waals surface area contributed by atoms with Gasteiger partial charge in [0.1, 0.15) is 23.0 Å².